The lowest BCUT2D eigenvalue weighted by molar-refractivity contribution is 0.127. The van der Waals surface area contributed by atoms with Gasteiger partial charge in [0.2, 0.25) is 0 Å². The molecule has 0 aromatic rings. The van der Waals surface area contributed by atoms with Crippen molar-refractivity contribution < 1.29 is 0 Å². The van der Waals surface area contributed by atoms with Gasteiger partial charge >= 0.3 is 0 Å². The van der Waals surface area contributed by atoms with Crippen molar-refractivity contribution in [3.05, 3.63) is 0 Å². The summed E-state index contributed by atoms with van der Waals surface area (Å²) in [5.74, 6) is -0.656. The molecular formula is C7H20N4. The van der Waals surface area contributed by atoms with Crippen LogP contribution >= 0.6 is 0 Å². The first kappa shape index (κ1) is 10.8. The predicted molar refractivity (Wildman–Crippen MR) is 48.0 cm³/mol. The first-order valence-electron chi connectivity index (χ1n) is 3.98. The van der Waals surface area contributed by atoms with Crippen LogP contribution in [0.15, 0.2) is 0 Å². The van der Waals surface area contributed by atoms with Crippen LogP contribution in [-0.4, -0.2) is 37.9 Å². The van der Waals surface area contributed by atoms with Crippen molar-refractivity contribution >= 4 is 0 Å². The number of likely N-dealkylation sites (N-methyl/N-ethyl adjacent to an activating group) is 2. The van der Waals surface area contributed by atoms with Gasteiger partial charge in [0.25, 0.3) is 0 Å². The van der Waals surface area contributed by atoms with Gasteiger partial charge in [-0.05, 0) is 20.5 Å². The summed E-state index contributed by atoms with van der Waals surface area (Å²) in [4.78, 5) is 1.95. The fourth-order valence-corrected chi connectivity index (χ4v) is 0.758. The summed E-state index contributed by atoms with van der Waals surface area (Å²) in [5, 5.41) is 3.04. The highest BCUT2D eigenvalue weighted by Crippen LogP contribution is 2.01. The molecule has 0 spiro atoms. The van der Waals surface area contributed by atoms with Gasteiger partial charge in [0.05, 0.1) is 0 Å². The van der Waals surface area contributed by atoms with Gasteiger partial charge in [-0.2, -0.15) is 0 Å². The van der Waals surface area contributed by atoms with Gasteiger partial charge in [-0.15, -0.1) is 0 Å². The van der Waals surface area contributed by atoms with Crippen LogP contribution in [0.1, 0.15) is 13.3 Å². The maximum absolute atomic E-state index is 5.78. The maximum Gasteiger partial charge on any atom is 0.120 e. The Bertz CT molecular complexity index is 103. The van der Waals surface area contributed by atoms with Crippen molar-refractivity contribution in [2.24, 2.45) is 11.5 Å². The molecule has 11 heavy (non-hydrogen) atoms. The Morgan fingerprint density at radius 3 is 2.36 bits per heavy atom. The first-order chi connectivity index (χ1) is 5.04. The van der Waals surface area contributed by atoms with E-state index in [-0.39, 0.29) is 0 Å². The van der Waals surface area contributed by atoms with Crippen LogP contribution in [0.3, 0.4) is 0 Å². The van der Waals surface area contributed by atoms with Crippen molar-refractivity contribution in [1.29, 1.82) is 0 Å². The van der Waals surface area contributed by atoms with Gasteiger partial charge in [-0.1, -0.05) is 6.92 Å². The van der Waals surface area contributed by atoms with Crippen molar-refractivity contribution in [2.45, 2.75) is 19.1 Å². The van der Waals surface area contributed by atoms with E-state index >= 15 is 0 Å². The number of rotatable bonds is 5. The van der Waals surface area contributed by atoms with Crippen LogP contribution in [0.2, 0.25) is 0 Å². The molecule has 0 rings (SSSR count). The number of hydrogen-bond donors (Lipinski definition) is 3. The molecule has 0 saturated heterocycles. The SMILES string of the molecule is CCC(N)(N)N(C)CCNC. The van der Waals surface area contributed by atoms with Crippen molar-refractivity contribution in [2.75, 3.05) is 27.2 Å². The van der Waals surface area contributed by atoms with E-state index in [0.29, 0.717) is 0 Å². The molecule has 0 atom stereocenters. The summed E-state index contributed by atoms with van der Waals surface area (Å²) in [6, 6.07) is 0. The molecule has 0 radical (unpaired) electrons. The molecule has 0 aliphatic heterocycles. The van der Waals surface area contributed by atoms with Crippen molar-refractivity contribution in [3.63, 3.8) is 0 Å². The second-order valence-electron chi connectivity index (χ2n) is 2.87. The topological polar surface area (TPSA) is 67.3 Å². The molecule has 0 aromatic carbocycles. The molecular weight excluding hydrogens is 140 g/mol. The van der Waals surface area contributed by atoms with Crippen LogP contribution in [-0.2, 0) is 0 Å². The Morgan fingerprint density at radius 1 is 1.45 bits per heavy atom. The minimum Gasteiger partial charge on any atom is -0.318 e. The van der Waals surface area contributed by atoms with E-state index in [1.54, 1.807) is 0 Å². The van der Waals surface area contributed by atoms with Crippen LogP contribution in [0.25, 0.3) is 0 Å². The molecule has 0 aromatic heterocycles. The maximum atomic E-state index is 5.78. The van der Waals surface area contributed by atoms with E-state index in [0.717, 1.165) is 19.5 Å². The Labute approximate surface area is 68.9 Å². The lowest BCUT2D eigenvalue weighted by Crippen LogP contribution is -2.62. The molecule has 0 fully saturated rings. The smallest absolute Gasteiger partial charge is 0.120 e. The normalized spacial score (nSPS) is 12.5. The van der Waals surface area contributed by atoms with E-state index in [4.69, 9.17) is 11.5 Å². The monoisotopic (exact) mass is 160 g/mol. The standard InChI is InChI=1S/C7H20N4/c1-4-7(8,9)11(3)6-5-10-2/h10H,4-6,8-9H2,1-3H3. The van der Waals surface area contributed by atoms with Gasteiger partial charge in [0, 0.05) is 13.1 Å². The molecule has 0 heterocycles. The van der Waals surface area contributed by atoms with E-state index < -0.39 is 5.79 Å². The molecule has 0 unspecified atom stereocenters. The summed E-state index contributed by atoms with van der Waals surface area (Å²) >= 11 is 0. The van der Waals surface area contributed by atoms with Crippen molar-refractivity contribution in [3.8, 4) is 0 Å². The highest BCUT2D eigenvalue weighted by atomic mass is 15.3. The molecule has 0 saturated carbocycles. The average Bonchev–Trinajstić information content (AvgIpc) is 2.00. The minimum atomic E-state index is -0.656. The van der Waals surface area contributed by atoms with Crippen LogP contribution < -0.4 is 16.8 Å². The zero-order valence-corrected chi connectivity index (χ0v) is 7.72. The number of nitrogens with one attached hydrogen (secondary N) is 1. The Balaban J connectivity index is 3.71. The quantitative estimate of drug-likeness (QED) is 0.457. The fourth-order valence-electron chi connectivity index (χ4n) is 0.758. The first-order valence-corrected chi connectivity index (χ1v) is 3.98. The zero-order valence-electron chi connectivity index (χ0n) is 7.72. The molecule has 0 aliphatic rings. The van der Waals surface area contributed by atoms with Crippen molar-refractivity contribution in [1.82, 2.24) is 10.2 Å². The number of hydrogen-bond acceptors (Lipinski definition) is 4. The number of nitrogens with zero attached hydrogens (tertiary/aromatic N) is 1. The third-order valence-electron chi connectivity index (χ3n) is 1.97. The minimum absolute atomic E-state index is 0.656. The summed E-state index contributed by atoms with van der Waals surface area (Å²) in [6.07, 6.45) is 0.757. The van der Waals surface area contributed by atoms with Gasteiger partial charge < -0.3 is 16.8 Å². The zero-order chi connectivity index (χ0) is 8.91. The highest BCUT2D eigenvalue weighted by Gasteiger charge is 2.20. The average molecular weight is 160 g/mol. The van der Waals surface area contributed by atoms with E-state index in [1.807, 2.05) is 25.9 Å². The summed E-state index contributed by atoms with van der Waals surface area (Å²) in [6.45, 7) is 3.76. The van der Waals surface area contributed by atoms with Gasteiger partial charge in [0.1, 0.15) is 5.79 Å². The Kier molecular flexibility index (Phi) is 4.60. The van der Waals surface area contributed by atoms with Gasteiger partial charge in [0.15, 0.2) is 0 Å². The molecule has 0 aliphatic carbocycles. The third-order valence-corrected chi connectivity index (χ3v) is 1.97. The van der Waals surface area contributed by atoms with E-state index in [9.17, 15) is 0 Å². The summed E-state index contributed by atoms with van der Waals surface area (Å²) < 4.78 is 0. The lowest BCUT2D eigenvalue weighted by Gasteiger charge is -2.33. The summed E-state index contributed by atoms with van der Waals surface area (Å²) in [7, 11) is 3.84. The van der Waals surface area contributed by atoms with Gasteiger partial charge in [-0.25, -0.2) is 0 Å². The highest BCUT2D eigenvalue weighted by molar-refractivity contribution is 4.73. The largest absolute Gasteiger partial charge is 0.318 e. The van der Waals surface area contributed by atoms with Crippen LogP contribution in [0, 0.1) is 0 Å². The molecule has 68 valence electrons. The molecule has 0 bridgehead atoms. The second-order valence-corrected chi connectivity index (χ2v) is 2.87. The number of nitrogens with two attached hydrogens (primary N) is 2. The molecule has 0 amide bonds. The lowest BCUT2D eigenvalue weighted by atomic mass is 10.2. The molecule has 5 N–H and O–H groups in total. The van der Waals surface area contributed by atoms with E-state index in [2.05, 4.69) is 5.32 Å². The Morgan fingerprint density at radius 2 is 2.00 bits per heavy atom. The summed E-state index contributed by atoms with van der Waals surface area (Å²) in [5.41, 5.74) is 11.6. The fraction of sp³-hybridized carbons (Fsp3) is 1.00. The van der Waals surface area contributed by atoms with Crippen LogP contribution in [0.5, 0.6) is 0 Å². The van der Waals surface area contributed by atoms with Gasteiger partial charge in [-0.3, -0.25) is 4.90 Å². The molecule has 4 heteroatoms. The third kappa shape index (κ3) is 3.67. The second kappa shape index (κ2) is 4.66. The molecule has 4 nitrogen and oxygen atoms in total. The Hall–Kier alpha value is -0.160. The van der Waals surface area contributed by atoms with E-state index in [1.165, 1.54) is 0 Å². The van der Waals surface area contributed by atoms with Crippen LogP contribution in [0.4, 0.5) is 0 Å². The predicted octanol–water partition coefficient (Wildman–Crippen LogP) is -0.881.